The predicted molar refractivity (Wildman–Crippen MR) is 39.7 cm³/mol. The van der Waals surface area contributed by atoms with Crippen molar-refractivity contribution in [1.82, 2.24) is 19.7 Å². The van der Waals surface area contributed by atoms with Crippen LogP contribution in [0.3, 0.4) is 0 Å². The summed E-state index contributed by atoms with van der Waals surface area (Å²) in [5.41, 5.74) is 3.05. The maximum atomic E-state index is 4.05. The second-order valence-electron chi connectivity index (χ2n) is 2.33. The molecule has 0 saturated carbocycles. The lowest BCUT2D eigenvalue weighted by Crippen LogP contribution is -2.09. The Hall–Kier alpha value is -1.32. The first kappa shape index (κ1) is 5.46. The molecule has 2 rings (SSSR count). The Labute approximate surface area is 59.4 Å². The molecule has 0 unspecified atom stereocenters. The summed E-state index contributed by atoms with van der Waals surface area (Å²) in [4.78, 5) is 8.06. The van der Waals surface area contributed by atoms with Gasteiger partial charge < -0.3 is 0 Å². The molecule has 0 aromatic carbocycles. The average Bonchev–Trinajstić information content (AvgIpc) is 1.85. The van der Waals surface area contributed by atoms with Crippen LogP contribution in [0.5, 0.6) is 0 Å². The number of nitrogens with zero attached hydrogens (tertiary/aromatic N) is 3. The van der Waals surface area contributed by atoms with Crippen LogP contribution in [0.15, 0.2) is 6.33 Å². The first-order chi connectivity index (χ1) is 4.79. The number of aryl methyl sites for hydroxylation is 2. The summed E-state index contributed by atoms with van der Waals surface area (Å²) < 4.78 is 1.91. The van der Waals surface area contributed by atoms with Gasteiger partial charge in [0.25, 0.3) is 0 Å². The van der Waals surface area contributed by atoms with E-state index in [9.17, 15) is 0 Å². The van der Waals surface area contributed by atoms with Gasteiger partial charge in [0.05, 0.1) is 5.69 Å². The van der Waals surface area contributed by atoms with Crippen LogP contribution in [-0.2, 0) is 7.05 Å². The third kappa shape index (κ3) is 0.504. The fraction of sp³-hybridized carbons (Fsp3) is 0.333. The zero-order valence-corrected chi connectivity index (χ0v) is 5.92. The van der Waals surface area contributed by atoms with E-state index in [4.69, 9.17) is 0 Å². The van der Waals surface area contributed by atoms with E-state index in [1.165, 1.54) is 0 Å². The highest BCUT2D eigenvalue weighted by molar-refractivity contribution is 5.74. The van der Waals surface area contributed by atoms with Crippen LogP contribution in [-0.4, -0.2) is 19.7 Å². The van der Waals surface area contributed by atoms with E-state index in [2.05, 4.69) is 15.1 Å². The minimum atomic E-state index is 0. The quantitative estimate of drug-likeness (QED) is 0.586. The standard InChI is InChI=1S/C6H8N4.H2/c1-4-5-6(8-3-7-4)9-10(5)2;/h3H,1-2H3,(H,7,8,9);1H. The SMILES string of the molecule is Cc1ncnc2[nH]n(C)c12.[HH]. The van der Waals surface area contributed by atoms with E-state index in [-0.39, 0.29) is 1.43 Å². The summed E-state index contributed by atoms with van der Waals surface area (Å²) in [6.07, 6.45) is 1.56. The molecule has 1 N–H and O–H groups in total. The lowest BCUT2D eigenvalue weighted by Gasteiger charge is -2.11. The van der Waals surface area contributed by atoms with Crippen LogP contribution in [0.25, 0.3) is 11.2 Å². The number of rotatable bonds is 0. The van der Waals surface area contributed by atoms with Crippen molar-refractivity contribution in [1.29, 1.82) is 0 Å². The van der Waals surface area contributed by atoms with Gasteiger partial charge in [-0.2, -0.15) is 0 Å². The van der Waals surface area contributed by atoms with Gasteiger partial charge in [-0.25, -0.2) is 9.97 Å². The summed E-state index contributed by atoms with van der Waals surface area (Å²) in [6.45, 7) is 1.97. The van der Waals surface area contributed by atoms with Gasteiger partial charge in [-0.05, 0) is 6.92 Å². The molecule has 10 heavy (non-hydrogen) atoms. The lowest BCUT2D eigenvalue weighted by molar-refractivity contribution is 0.741. The molecule has 2 aromatic heterocycles. The van der Waals surface area contributed by atoms with Gasteiger partial charge >= 0.3 is 0 Å². The minimum Gasteiger partial charge on any atom is -0.284 e. The van der Waals surface area contributed by atoms with Crippen molar-refractivity contribution in [3.05, 3.63) is 12.0 Å². The zero-order chi connectivity index (χ0) is 7.14. The molecule has 2 heterocycles. The van der Waals surface area contributed by atoms with Crippen LogP contribution in [0.4, 0.5) is 0 Å². The maximum Gasteiger partial charge on any atom is 0.173 e. The van der Waals surface area contributed by atoms with E-state index < -0.39 is 0 Å². The first-order valence-corrected chi connectivity index (χ1v) is 3.11. The minimum absolute atomic E-state index is 0. The Balaban J connectivity index is 0.000000605. The molecule has 2 aromatic rings. The van der Waals surface area contributed by atoms with Crippen LogP contribution < -0.4 is 0 Å². The Bertz CT molecular complexity index is 361. The highest BCUT2D eigenvalue weighted by Gasteiger charge is 2.04. The van der Waals surface area contributed by atoms with E-state index in [1.54, 1.807) is 6.33 Å². The predicted octanol–water partition coefficient (Wildman–Crippen LogP) is 0.851. The highest BCUT2D eigenvalue weighted by atomic mass is 15.3. The van der Waals surface area contributed by atoms with Gasteiger partial charge in [0, 0.05) is 8.47 Å². The Morgan fingerprint density at radius 2 is 2.40 bits per heavy atom. The third-order valence-electron chi connectivity index (χ3n) is 1.61. The van der Waals surface area contributed by atoms with Gasteiger partial charge in [-0.1, -0.05) is 0 Å². The normalized spacial score (nSPS) is 11.0. The Morgan fingerprint density at radius 3 is 2.90 bits per heavy atom. The van der Waals surface area contributed by atoms with Crippen molar-refractivity contribution < 1.29 is 1.43 Å². The summed E-state index contributed by atoms with van der Waals surface area (Å²) in [5, 5.41) is 3.01. The number of aromatic amines is 1. The van der Waals surface area contributed by atoms with Gasteiger partial charge in [0.2, 0.25) is 0 Å². The van der Waals surface area contributed by atoms with Crippen molar-refractivity contribution in [3.63, 3.8) is 0 Å². The summed E-state index contributed by atoms with van der Waals surface area (Å²) in [7, 11) is 1.94. The molecule has 0 radical (unpaired) electrons. The molecule has 0 amide bonds. The van der Waals surface area contributed by atoms with Crippen LogP contribution in [0, 0.1) is 6.92 Å². The lowest BCUT2D eigenvalue weighted by atomic mass is 10.4. The van der Waals surface area contributed by atoms with Crippen molar-refractivity contribution in [3.8, 4) is 0 Å². The molecule has 0 aliphatic heterocycles. The smallest absolute Gasteiger partial charge is 0.173 e. The van der Waals surface area contributed by atoms with Crippen molar-refractivity contribution >= 4 is 11.2 Å². The molecular formula is C6H10N4. The van der Waals surface area contributed by atoms with Crippen LogP contribution in [0.1, 0.15) is 7.12 Å². The van der Waals surface area contributed by atoms with E-state index >= 15 is 0 Å². The highest BCUT2D eigenvalue weighted by Crippen LogP contribution is 2.11. The van der Waals surface area contributed by atoms with Crippen LogP contribution >= 0.6 is 0 Å². The van der Waals surface area contributed by atoms with Gasteiger partial charge in [-0.15, -0.1) is 0 Å². The average molecular weight is 138 g/mol. The maximum absolute atomic E-state index is 4.05. The molecule has 0 atom stereocenters. The molecular weight excluding hydrogens is 128 g/mol. The topological polar surface area (TPSA) is 46.5 Å². The second kappa shape index (κ2) is 1.59. The number of nitrogens with one attached hydrogen (secondary N) is 1. The zero-order valence-electron chi connectivity index (χ0n) is 5.92. The molecule has 0 aliphatic rings. The molecule has 0 aliphatic carbocycles. The molecule has 0 bridgehead atoms. The second-order valence-corrected chi connectivity index (χ2v) is 2.33. The number of fused-ring (bicyclic) bond motifs is 1. The molecule has 0 fully saturated rings. The van der Waals surface area contributed by atoms with Crippen molar-refractivity contribution in [2.24, 2.45) is 7.05 Å². The number of H-pyrrole nitrogens is 1. The molecule has 0 saturated heterocycles. The molecule has 4 nitrogen and oxygen atoms in total. The van der Waals surface area contributed by atoms with Crippen LogP contribution in [0.2, 0.25) is 0 Å². The summed E-state index contributed by atoms with van der Waals surface area (Å²) in [5.74, 6) is 0. The molecule has 4 heteroatoms. The van der Waals surface area contributed by atoms with E-state index in [0.29, 0.717) is 0 Å². The summed E-state index contributed by atoms with van der Waals surface area (Å²) in [6, 6.07) is 0. The number of aromatic nitrogens is 4. The fourth-order valence-corrected chi connectivity index (χ4v) is 1.11. The fourth-order valence-electron chi connectivity index (χ4n) is 1.11. The van der Waals surface area contributed by atoms with Crippen molar-refractivity contribution in [2.45, 2.75) is 6.92 Å². The Morgan fingerprint density at radius 1 is 1.60 bits per heavy atom. The van der Waals surface area contributed by atoms with Gasteiger partial charge in [-0.3, -0.25) is 9.78 Å². The summed E-state index contributed by atoms with van der Waals surface area (Å²) >= 11 is 0. The molecule has 0 spiro atoms. The Kier molecular flexibility index (Phi) is 0.869. The number of hydrogen-bond donors (Lipinski definition) is 1. The van der Waals surface area contributed by atoms with Crippen molar-refractivity contribution in [2.75, 3.05) is 0 Å². The van der Waals surface area contributed by atoms with Gasteiger partial charge in [0.15, 0.2) is 5.65 Å². The van der Waals surface area contributed by atoms with Gasteiger partial charge in [0.1, 0.15) is 11.8 Å². The number of hydrogen-bond acceptors (Lipinski definition) is 2. The third-order valence-corrected chi connectivity index (χ3v) is 1.61. The van der Waals surface area contributed by atoms with E-state index in [1.807, 2.05) is 18.7 Å². The van der Waals surface area contributed by atoms with E-state index in [0.717, 1.165) is 16.9 Å². The largest absolute Gasteiger partial charge is 0.284 e. The first-order valence-electron chi connectivity index (χ1n) is 3.11. The monoisotopic (exact) mass is 138 g/mol. The molecule has 54 valence electrons.